The lowest BCUT2D eigenvalue weighted by Gasteiger charge is -2.20. The molecule has 0 fully saturated rings. The van der Waals surface area contributed by atoms with Crippen LogP contribution in [-0.2, 0) is 14.3 Å². The van der Waals surface area contributed by atoms with Gasteiger partial charge >= 0.3 is 11.9 Å². The fraction of sp³-hybridized carbons (Fsp3) is 0.185. The van der Waals surface area contributed by atoms with Gasteiger partial charge in [0.25, 0.3) is 0 Å². The van der Waals surface area contributed by atoms with Crippen LogP contribution >= 0.6 is 0 Å². The molecule has 4 heteroatoms. The summed E-state index contributed by atoms with van der Waals surface area (Å²) in [5, 5.41) is 0. The fourth-order valence-corrected chi connectivity index (χ4v) is 3.51. The highest BCUT2D eigenvalue weighted by atomic mass is 16.5. The second-order valence-electron chi connectivity index (χ2n) is 7.65. The van der Waals surface area contributed by atoms with Crippen LogP contribution in [0.2, 0.25) is 0 Å². The lowest BCUT2D eigenvalue weighted by molar-refractivity contribution is -0.134. The molecule has 4 nitrogen and oxygen atoms in total. The maximum absolute atomic E-state index is 11.7. The smallest absolute Gasteiger partial charge is 0.338 e. The van der Waals surface area contributed by atoms with Crippen molar-refractivity contribution in [3.05, 3.63) is 102 Å². The van der Waals surface area contributed by atoms with Gasteiger partial charge in [0.1, 0.15) is 11.5 Å². The number of aryl methyl sites for hydroxylation is 2. The monoisotopic (exact) mass is 414 g/mol. The Morgan fingerprint density at radius 2 is 1.77 bits per heavy atom. The number of benzene rings is 2. The van der Waals surface area contributed by atoms with Crippen LogP contribution in [0.3, 0.4) is 0 Å². The van der Waals surface area contributed by atoms with E-state index in [1.165, 1.54) is 11.1 Å². The first-order chi connectivity index (χ1) is 14.8. The second-order valence-corrected chi connectivity index (χ2v) is 7.65. The molecule has 0 bridgehead atoms. The van der Waals surface area contributed by atoms with E-state index in [-0.39, 0.29) is 5.92 Å². The summed E-state index contributed by atoms with van der Waals surface area (Å²) in [6.07, 6.45) is 7.77. The van der Waals surface area contributed by atoms with Crippen LogP contribution in [0.4, 0.5) is 0 Å². The number of hydrogen-bond donors (Lipinski definition) is 0. The average molecular weight is 415 g/mol. The Morgan fingerprint density at radius 3 is 2.35 bits per heavy atom. The molecule has 2 aromatic carbocycles. The van der Waals surface area contributed by atoms with Crippen molar-refractivity contribution in [3.63, 3.8) is 0 Å². The average Bonchev–Trinajstić information content (AvgIpc) is 2.76. The van der Waals surface area contributed by atoms with E-state index in [9.17, 15) is 9.59 Å². The van der Waals surface area contributed by atoms with E-state index in [0.717, 1.165) is 29.2 Å². The van der Waals surface area contributed by atoms with E-state index in [1.807, 2.05) is 24.3 Å². The molecule has 0 saturated heterocycles. The van der Waals surface area contributed by atoms with Gasteiger partial charge in [-0.3, -0.25) is 0 Å². The topological polar surface area (TPSA) is 52.6 Å². The zero-order valence-corrected chi connectivity index (χ0v) is 18.1. The zero-order valence-electron chi connectivity index (χ0n) is 18.1. The summed E-state index contributed by atoms with van der Waals surface area (Å²) in [4.78, 5) is 23.0. The van der Waals surface area contributed by atoms with Gasteiger partial charge in [0, 0.05) is 17.6 Å². The quantitative estimate of drug-likeness (QED) is 0.325. The molecule has 0 N–H and O–H groups in total. The zero-order chi connectivity index (χ0) is 22.5. The number of carbonyl (C=O) groups excluding carboxylic acids is 2. The molecule has 0 aliphatic heterocycles. The Balaban J connectivity index is 1.77. The number of rotatable bonds is 6. The molecule has 0 spiro atoms. The first kappa shape index (κ1) is 22.0. The van der Waals surface area contributed by atoms with Crippen molar-refractivity contribution in [3.8, 4) is 16.9 Å². The normalized spacial score (nSPS) is 15.1. The lowest BCUT2D eigenvalue weighted by Crippen LogP contribution is -2.08. The minimum absolute atomic E-state index is 0.223. The molecule has 0 amide bonds. The van der Waals surface area contributed by atoms with Crippen LogP contribution in [0.1, 0.15) is 36.0 Å². The minimum atomic E-state index is -0.476. The molecule has 3 rings (SSSR count). The van der Waals surface area contributed by atoms with Crippen molar-refractivity contribution in [1.82, 2.24) is 0 Å². The van der Waals surface area contributed by atoms with Gasteiger partial charge < -0.3 is 9.47 Å². The largest absolute Gasteiger partial charge is 0.424 e. The highest BCUT2D eigenvalue weighted by molar-refractivity contribution is 5.88. The Bertz CT molecular complexity index is 1100. The molecule has 0 saturated carbocycles. The summed E-state index contributed by atoms with van der Waals surface area (Å²) >= 11 is 0. The van der Waals surface area contributed by atoms with E-state index in [2.05, 4.69) is 45.2 Å². The third-order valence-electron chi connectivity index (χ3n) is 5.19. The van der Waals surface area contributed by atoms with Crippen molar-refractivity contribution < 1.29 is 19.1 Å². The van der Waals surface area contributed by atoms with Crippen LogP contribution in [0, 0.1) is 13.8 Å². The molecule has 158 valence electrons. The van der Waals surface area contributed by atoms with Crippen LogP contribution in [-0.4, -0.2) is 11.9 Å². The van der Waals surface area contributed by atoms with Crippen LogP contribution in [0.25, 0.3) is 11.1 Å². The number of esters is 2. The van der Waals surface area contributed by atoms with Gasteiger partial charge in [-0.05, 0) is 79.3 Å². The molecule has 2 aromatic rings. The number of carbonyl (C=O) groups is 2. The number of hydrogen-bond acceptors (Lipinski definition) is 4. The van der Waals surface area contributed by atoms with Crippen molar-refractivity contribution in [1.29, 1.82) is 0 Å². The Hall–Kier alpha value is -3.66. The maximum Gasteiger partial charge on any atom is 0.338 e. The molecule has 1 aliphatic carbocycles. The van der Waals surface area contributed by atoms with Crippen LogP contribution < -0.4 is 4.74 Å². The van der Waals surface area contributed by atoms with E-state index >= 15 is 0 Å². The van der Waals surface area contributed by atoms with E-state index < -0.39 is 11.9 Å². The molecular weight excluding hydrogens is 388 g/mol. The van der Waals surface area contributed by atoms with Gasteiger partial charge in [-0.15, -0.1) is 0 Å². The van der Waals surface area contributed by atoms with Gasteiger partial charge in [0.05, 0.1) is 0 Å². The maximum atomic E-state index is 11.7. The first-order valence-electron chi connectivity index (χ1n) is 10.1. The third kappa shape index (κ3) is 5.28. The molecule has 0 heterocycles. The predicted molar refractivity (Wildman–Crippen MR) is 123 cm³/mol. The van der Waals surface area contributed by atoms with E-state index in [0.29, 0.717) is 17.1 Å². The van der Waals surface area contributed by atoms with Gasteiger partial charge in [-0.25, -0.2) is 9.59 Å². The summed E-state index contributed by atoms with van der Waals surface area (Å²) < 4.78 is 10.5. The van der Waals surface area contributed by atoms with Crippen molar-refractivity contribution in [2.24, 2.45) is 0 Å². The third-order valence-corrected chi connectivity index (χ3v) is 5.19. The summed E-state index contributed by atoms with van der Waals surface area (Å²) in [6, 6.07) is 11.8. The van der Waals surface area contributed by atoms with Crippen LogP contribution in [0.5, 0.6) is 5.75 Å². The van der Waals surface area contributed by atoms with Gasteiger partial charge in [0.2, 0.25) is 0 Å². The second kappa shape index (κ2) is 9.43. The standard InChI is InChI=1S/C27H26O4/c1-6-26(28)30-22-11-7-20(8-12-22)24-15-19(5)25(16-18(24)4)21-9-13-23(14-10-21)31-27(29)17(2)3/h6-9,11-16,21H,1-2,10H2,3-5H3. The predicted octanol–water partition coefficient (Wildman–Crippen LogP) is 6.11. The molecule has 1 aliphatic rings. The first-order valence-corrected chi connectivity index (χ1v) is 10.1. The number of allylic oxidation sites excluding steroid dienone is 3. The fourth-order valence-electron chi connectivity index (χ4n) is 3.51. The van der Waals surface area contributed by atoms with Crippen molar-refractivity contribution in [2.75, 3.05) is 0 Å². The van der Waals surface area contributed by atoms with Crippen molar-refractivity contribution in [2.45, 2.75) is 33.1 Å². The Morgan fingerprint density at radius 1 is 1.06 bits per heavy atom. The van der Waals surface area contributed by atoms with Gasteiger partial charge in [-0.1, -0.05) is 43.5 Å². The SMILES string of the molecule is C=CC(=O)Oc1ccc(-c2cc(C)c(C3C=CC(OC(=O)C(=C)C)=CC3)cc2C)cc1. The Kier molecular flexibility index (Phi) is 6.71. The summed E-state index contributed by atoms with van der Waals surface area (Å²) in [5.74, 6) is 0.391. The Labute approximate surface area is 183 Å². The summed E-state index contributed by atoms with van der Waals surface area (Å²) in [7, 11) is 0. The molecule has 31 heavy (non-hydrogen) atoms. The molecule has 0 radical (unpaired) electrons. The summed E-state index contributed by atoms with van der Waals surface area (Å²) in [5.41, 5.74) is 6.16. The lowest BCUT2D eigenvalue weighted by atomic mass is 9.85. The van der Waals surface area contributed by atoms with Gasteiger partial charge in [0.15, 0.2) is 0 Å². The van der Waals surface area contributed by atoms with Gasteiger partial charge in [-0.2, -0.15) is 0 Å². The molecular formula is C27H26O4. The molecule has 0 aromatic heterocycles. The minimum Gasteiger partial charge on any atom is -0.424 e. The highest BCUT2D eigenvalue weighted by Gasteiger charge is 2.17. The highest BCUT2D eigenvalue weighted by Crippen LogP contribution is 2.34. The van der Waals surface area contributed by atoms with Crippen molar-refractivity contribution >= 4 is 11.9 Å². The van der Waals surface area contributed by atoms with E-state index in [1.54, 1.807) is 19.1 Å². The van der Waals surface area contributed by atoms with E-state index in [4.69, 9.17) is 9.47 Å². The summed E-state index contributed by atoms with van der Waals surface area (Å²) in [6.45, 7) is 12.8. The molecule has 1 atom stereocenters. The van der Waals surface area contributed by atoms with Crippen LogP contribution in [0.15, 0.2) is 85.2 Å². The number of ether oxygens (including phenoxy) is 2. The molecule has 1 unspecified atom stereocenters.